The predicted molar refractivity (Wildman–Crippen MR) is 54.6 cm³/mol. The van der Waals surface area contributed by atoms with Crippen LogP contribution in [0.15, 0.2) is 18.3 Å². The molecule has 0 aromatic carbocycles. The van der Waals surface area contributed by atoms with Crippen molar-refractivity contribution in [1.29, 1.82) is 0 Å². The van der Waals surface area contributed by atoms with E-state index in [4.69, 9.17) is 16.3 Å². The number of aliphatic hydroxyl groups excluding tert-OH is 1. The van der Waals surface area contributed by atoms with E-state index in [0.29, 0.717) is 23.1 Å². The van der Waals surface area contributed by atoms with E-state index in [1.807, 2.05) is 0 Å². The van der Waals surface area contributed by atoms with Crippen LogP contribution in [0.25, 0.3) is 5.65 Å². The molecule has 5 nitrogen and oxygen atoms in total. The standard InChI is InChI=1S/C9H10ClN3O2/c1-2-15-9(14)6-5-11-8-4-3-7(10)12-13(6)8/h3-5,9,14H,2H2,1H3. The molecule has 0 spiro atoms. The Bertz CT molecular complexity index is 471. The highest BCUT2D eigenvalue weighted by molar-refractivity contribution is 6.29. The van der Waals surface area contributed by atoms with Crippen molar-refractivity contribution in [2.24, 2.45) is 0 Å². The molecule has 0 saturated carbocycles. The maximum atomic E-state index is 9.63. The van der Waals surface area contributed by atoms with Crippen LogP contribution in [0, 0.1) is 0 Å². The Balaban J connectivity index is 2.47. The summed E-state index contributed by atoms with van der Waals surface area (Å²) >= 11 is 5.75. The van der Waals surface area contributed by atoms with Crippen LogP contribution >= 0.6 is 11.6 Å². The third kappa shape index (κ3) is 1.94. The summed E-state index contributed by atoms with van der Waals surface area (Å²) in [6.07, 6.45) is 0.481. The van der Waals surface area contributed by atoms with Gasteiger partial charge in [-0.15, -0.1) is 0 Å². The van der Waals surface area contributed by atoms with Gasteiger partial charge in [-0.05, 0) is 19.1 Å². The smallest absolute Gasteiger partial charge is 0.200 e. The van der Waals surface area contributed by atoms with Gasteiger partial charge in [-0.2, -0.15) is 5.10 Å². The van der Waals surface area contributed by atoms with E-state index in [9.17, 15) is 5.11 Å². The van der Waals surface area contributed by atoms with Crippen molar-refractivity contribution in [3.63, 3.8) is 0 Å². The molecule has 0 amide bonds. The highest BCUT2D eigenvalue weighted by Gasteiger charge is 2.13. The fourth-order valence-electron chi connectivity index (χ4n) is 1.28. The van der Waals surface area contributed by atoms with Gasteiger partial charge in [-0.1, -0.05) is 11.6 Å². The average molecular weight is 228 g/mol. The summed E-state index contributed by atoms with van der Waals surface area (Å²) in [6.45, 7) is 2.21. The normalized spacial score (nSPS) is 13.3. The SMILES string of the molecule is CCOC(O)c1cnc2ccc(Cl)nn12. The van der Waals surface area contributed by atoms with Gasteiger partial charge in [-0.25, -0.2) is 9.50 Å². The summed E-state index contributed by atoms with van der Waals surface area (Å²) in [5.74, 6) is 0. The number of rotatable bonds is 3. The molecule has 2 heterocycles. The van der Waals surface area contributed by atoms with Crippen molar-refractivity contribution in [2.75, 3.05) is 6.61 Å². The number of ether oxygens (including phenoxy) is 1. The number of aliphatic hydroxyl groups is 1. The summed E-state index contributed by atoms with van der Waals surface area (Å²) in [6, 6.07) is 3.36. The molecule has 1 atom stereocenters. The Labute approximate surface area is 91.3 Å². The van der Waals surface area contributed by atoms with Gasteiger partial charge in [0.05, 0.1) is 6.20 Å². The summed E-state index contributed by atoms with van der Waals surface area (Å²) < 4.78 is 6.51. The van der Waals surface area contributed by atoms with Crippen LogP contribution in [0.4, 0.5) is 0 Å². The first kappa shape index (κ1) is 10.4. The minimum atomic E-state index is -1.03. The topological polar surface area (TPSA) is 59.7 Å². The molecule has 0 saturated heterocycles. The molecule has 2 aromatic heterocycles. The zero-order valence-corrected chi connectivity index (χ0v) is 8.85. The van der Waals surface area contributed by atoms with Crippen LogP contribution < -0.4 is 0 Å². The van der Waals surface area contributed by atoms with Crippen molar-refractivity contribution in [3.05, 3.63) is 29.2 Å². The van der Waals surface area contributed by atoms with Crippen molar-refractivity contribution < 1.29 is 9.84 Å². The van der Waals surface area contributed by atoms with E-state index in [1.54, 1.807) is 19.1 Å². The zero-order valence-electron chi connectivity index (χ0n) is 8.09. The van der Waals surface area contributed by atoms with Crippen LogP contribution in [0.5, 0.6) is 0 Å². The van der Waals surface area contributed by atoms with Gasteiger partial charge >= 0.3 is 0 Å². The predicted octanol–water partition coefficient (Wildman–Crippen LogP) is 1.41. The second kappa shape index (κ2) is 4.14. The fourth-order valence-corrected chi connectivity index (χ4v) is 1.42. The van der Waals surface area contributed by atoms with E-state index in [-0.39, 0.29) is 0 Å². The first-order chi connectivity index (χ1) is 7.22. The van der Waals surface area contributed by atoms with Gasteiger partial charge in [0.25, 0.3) is 0 Å². The Morgan fingerprint density at radius 2 is 2.40 bits per heavy atom. The number of imidazole rings is 1. The second-order valence-electron chi connectivity index (χ2n) is 2.92. The fraction of sp³-hybridized carbons (Fsp3) is 0.333. The molecule has 80 valence electrons. The molecule has 15 heavy (non-hydrogen) atoms. The van der Waals surface area contributed by atoms with Crippen LogP contribution in [-0.4, -0.2) is 26.3 Å². The number of halogens is 1. The van der Waals surface area contributed by atoms with Crippen molar-refractivity contribution in [1.82, 2.24) is 14.6 Å². The summed E-state index contributed by atoms with van der Waals surface area (Å²) in [4.78, 5) is 4.06. The Morgan fingerprint density at radius 3 is 3.13 bits per heavy atom. The van der Waals surface area contributed by atoms with E-state index in [2.05, 4.69) is 10.1 Å². The molecular formula is C9H10ClN3O2. The quantitative estimate of drug-likeness (QED) is 0.806. The van der Waals surface area contributed by atoms with Gasteiger partial charge in [-0.3, -0.25) is 0 Å². The van der Waals surface area contributed by atoms with Crippen molar-refractivity contribution in [2.45, 2.75) is 13.2 Å². The molecule has 2 aromatic rings. The Kier molecular flexibility index (Phi) is 2.86. The highest BCUT2D eigenvalue weighted by Crippen LogP contribution is 2.16. The van der Waals surface area contributed by atoms with Gasteiger partial charge in [0.2, 0.25) is 0 Å². The molecular weight excluding hydrogens is 218 g/mol. The van der Waals surface area contributed by atoms with Crippen molar-refractivity contribution >= 4 is 17.2 Å². The lowest BCUT2D eigenvalue weighted by atomic mass is 10.4. The molecule has 2 rings (SSSR count). The number of hydrogen-bond donors (Lipinski definition) is 1. The van der Waals surface area contributed by atoms with Gasteiger partial charge in [0.15, 0.2) is 11.9 Å². The summed E-state index contributed by atoms with van der Waals surface area (Å²) in [5.41, 5.74) is 1.09. The molecule has 0 fully saturated rings. The number of fused-ring (bicyclic) bond motifs is 1. The third-order valence-corrected chi connectivity index (χ3v) is 2.14. The largest absolute Gasteiger partial charge is 0.363 e. The lowest BCUT2D eigenvalue weighted by Gasteiger charge is -2.08. The minimum absolute atomic E-state index is 0.338. The third-order valence-electron chi connectivity index (χ3n) is 1.93. The maximum Gasteiger partial charge on any atom is 0.200 e. The molecule has 0 aliphatic heterocycles. The van der Waals surface area contributed by atoms with Crippen LogP contribution in [0.3, 0.4) is 0 Å². The number of nitrogens with zero attached hydrogens (tertiary/aromatic N) is 3. The number of aromatic nitrogens is 3. The van der Waals surface area contributed by atoms with Gasteiger partial charge in [0.1, 0.15) is 10.8 Å². The Morgan fingerprint density at radius 1 is 1.60 bits per heavy atom. The molecule has 0 aliphatic carbocycles. The van der Waals surface area contributed by atoms with E-state index < -0.39 is 6.29 Å². The van der Waals surface area contributed by atoms with Crippen molar-refractivity contribution in [3.8, 4) is 0 Å². The molecule has 0 aliphatic rings. The van der Waals surface area contributed by atoms with E-state index >= 15 is 0 Å². The molecule has 1 unspecified atom stereocenters. The maximum absolute atomic E-state index is 9.63. The molecule has 6 heteroatoms. The van der Waals surface area contributed by atoms with E-state index in [1.165, 1.54) is 10.7 Å². The minimum Gasteiger partial charge on any atom is -0.363 e. The molecule has 0 radical (unpaired) electrons. The average Bonchev–Trinajstić information content (AvgIpc) is 2.60. The Hall–Kier alpha value is -1.17. The van der Waals surface area contributed by atoms with E-state index in [0.717, 1.165) is 0 Å². The molecule has 0 bridgehead atoms. The lowest BCUT2D eigenvalue weighted by molar-refractivity contribution is -0.102. The monoisotopic (exact) mass is 227 g/mol. The highest BCUT2D eigenvalue weighted by atomic mass is 35.5. The summed E-state index contributed by atoms with van der Waals surface area (Å²) in [5, 5.41) is 14.0. The van der Waals surface area contributed by atoms with Crippen LogP contribution in [-0.2, 0) is 4.74 Å². The second-order valence-corrected chi connectivity index (χ2v) is 3.30. The van der Waals surface area contributed by atoms with Crippen LogP contribution in [0.2, 0.25) is 5.15 Å². The van der Waals surface area contributed by atoms with Gasteiger partial charge < -0.3 is 9.84 Å². The first-order valence-electron chi connectivity index (χ1n) is 4.52. The lowest BCUT2D eigenvalue weighted by Crippen LogP contribution is -2.07. The zero-order chi connectivity index (χ0) is 10.8. The first-order valence-corrected chi connectivity index (χ1v) is 4.90. The van der Waals surface area contributed by atoms with Gasteiger partial charge in [0, 0.05) is 6.61 Å². The summed E-state index contributed by atoms with van der Waals surface area (Å²) in [7, 11) is 0. The molecule has 1 N–H and O–H groups in total. The van der Waals surface area contributed by atoms with Crippen LogP contribution in [0.1, 0.15) is 18.9 Å². The number of hydrogen-bond acceptors (Lipinski definition) is 4.